The second-order valence-electron chi connectivity index (χ2n) is 8.21. The first kappa shape index (κ1) is 23.0. The summed E-state index contributed by atoms with van der Waals surface area (Å²) in [5, 5.41) is 0.598. The first-order valence-electron chi connectivity index (χ1n) is 9.81. The molecule has 7 heteroatoms. The molecule has 0 N–H and O–H groups in total. The SMILES string of the molecule is CCC(=O)N1C2CCC1CN(CCC(C)(C)OC(=O)c1ccc(Cl)cc1)C2.Cl. The summed E-state index contributed by atoms with van der Waals surface area (Å²) < 4.78 is 5.73. The molecule has 156 valence electrons. The number of carbonyl (C=O) groups excluding carboxylic acids is 2. The molecule has 2 unspecified atom stereocenters. The number of piperazine rings is 1. The van der Waals surface area contributed by atoms with Gasteiger partial charge in [0.1, 0.15) is 5.60 Å². The fourth-order valence-corrected chi connectivity index (χ4v) is 4.26. The van der Waals surface area contributed by atoms with Crippen molar-refractivity contribution in [1.82, 2.24) is 9.80 Å². The van der Waals surface area contributed by atoms with Crippen molar-refractivity contribution in [2.45, 2.75) is 64.1 Å². The summed E-state index contributed by atoms with van der Waals surface area (Å²) in [4.78, 5) is 29.1. The smallest absolute Gasteiger partial charge is 0.338 e. The topological polar surface area (TPSA) is 49.9 Å². The quantitative estimate of drug-likeness (QED) is 0.637. The molecule has 0 aromatic heterocycles. The van der Waals surface area contributed by atoms with Gasteiger partial charge in [-0.3, -0.25) is 9.69 Å². The van der Waals surface area contributed by atoms with Gasteiger partial charge >= 0.3 is 5.97 Å². The van der Waals surface area contributed by atoms with Crippen LogP contribution in [0.4, 0.5) is 0 Å². The third-order valence-electron chi connectivity index (χ3n) is 5.63. The number of halogens is 2. The van der Waals surface area contributed by atoms with Crippen LogP contribution in [-0.2, 0) is 9.53 Å². The molecule has 2 saturated heterocycles. The highest BCUT2D eigenvalue weighted by molar-refractivity contribution is 6.30. The van der Waals surface area contributed by atoms with Crippen LogP contribution in [0.15, 0.2) is 24.3 Å². The standard InChI is InChI=1S/C21H29ClN2O3.ClH/c1-4-19(25)24-17-9-10-18(24)14-23(13-17)12-11-21(2,3)27-20(26)15-5-7-16(22)8-6-15;/h5-8,17-18H,4,9-14H2,1-3H3;1H. The van der Waals surface area contributed by atoms with E-state index in [4.69, 9.17) is 16.3 Å². The van der Waals surface area contributed by atoms with E-state index in [0.717, 1.165) is 38.9 Å². The molecule has 2 aliphatic heterocycles. The number of nitrogens with zero attached hydrogens (tertiary/aromatic N) is 2. The Bertz CT molecular complexity index is 679. The van der Waals surface area contributed by atoms with E-state index in [1.54, 1.807) is 24.3 Å². The van der Waals surface area contributed by atoms with Crippen LogP contribution < -0.4 is 0 Å². The number of fused-ring (bicyclic) bond motifs is 2. The molecule has 5 nitrogen and oxygen atoms in total. The van der Waals surface area contributed by atoms with Crippen molar-refractivity contribution in [1.29, 1.82) is 0 Å². The minimum atomic E-state index is -0.549. The van der Waals surface area contributed by atoms with Crippen molar-refractivity contribution in [2.24, 2.45) is 0 Å². The van der Waals surface area contributed by atoms with Crippen LogP contribution in [0.2, 0.25) is 5.02 Å². The van der Waals surface area contributed by atoms with E-state index in [2.05, 4.69) is 9.80 Å². The van der Waals surface area contributed by atoms with Crippen molar-refractivity contribution >= 4 is 35.9 Å². The fraction of sp³-hybridized carbons (Fsp3) is 0.619. The van der Waals surface area contributed by atoms with Crippen LogP contribution >= 0.6 is 24.0 Å². The van der Waals surface area contributed by atoms with E-state index in [9.17, 15) is 9.59 Å². The van der Waals surface area contributed by atoms with Crippen LogP contribution in [-0.4, -0.2) is 59.0 Å². The molecule has 1 aromatic rings. The first-order valence-corrected chi connectivity index (χ1v) is 10.2. The third-order valence-corrected chi connectivity index (χ3v) is 5.88. The van der Waals surface area contributed by atoms with E-state index < -0.39 is 5.60 Å². The molecule has 2 atom stereocenters. The number of ether oxygens (including phenoxy) is 1. The predicted octanol–water partition coefficient (Wildman–Crippen LogP) is 4.17. The highest BCUT2D eigenvalue weighted by atomic mass is 35.5. The van der Waals surface area contributed by atoms with Gasteiger partial charge in [0.2, 0.25) is 5.91 Å². The van der Waals surface area contributed by atoms with Crippen molar-refractivity contribution in [3.63, 3.8) is 0 Å². The van der Waals surface area contributed by atoms with Crippen LogP contribution in [0.5, 0.6) is 0 Å². The molecule has 2 heterocycles. The number of esters is 1. The number of carbonyl (C=O) groups is 2. The summed E-state index contributed by atoms with van der Waals surface area (Å²) in [6.07, 6.45) is 3.54. The molecule has 3 rings (SSSR count). The van der Waals surface area contributed by atoms with E-state index in [0.29, 0.717) is 29.1 Å². The maximum atomic E-state index is 12.4. The Morgan fingerprint density at radius 2 is 1.71 bits per heavy atom. The summed E-state index contributed by atoms with van der Waals surface area (Å²) in [6.45, 7) is 8.54. The summed E-state index contributed by atoms with van der Waals surface area (Å²) in [5.74, 6) is -0.0468. The number of hydrogen-bond donors (Lipinski definition) is 0. The second kappa shape index (κ2) is 9.47. The highest BCUT2D eigenvalue weighted by Gasteiger charge is 2.42. The molecular formula is C21H30Cl2N2O3. The van der Waals surface area contributed by atoms with Gasteiger partial charge in [-0.25, -0.2) is 4.79 Å². The first-order chi connectivity index (χ1) is 12.8. The molecule has 2 fully saturated rings. The van der Waals surface area contributed by atoms with Crippen molar-refractivity contribution in [3.8, 4) is 0 Å². The lowest BCUT2D eigenvalue weighted by Gasteiger charge is -2.42. The Labute approximate surface area is 178 Å². The maximum Gasteiger partial charge on any atom is 0.338 e. The summed E-state index contributed by atoms with van der Waals surface area (Å²) in [6, 6.07) is 7.44. The molecule has 28 heavy (non-hydrogen) atoms. The molecule has 0 spiro atoms. The van der Waals surface area contributed by atoms with Gasteiger partial charge < -0.3 is 9.64 Å². The zero-order valence-electron chi connectivity index (χ0n) is 16.8. The van der Waals surface area contributed by atoms with Gasteiger partial charge in [-0.2, -0.15) is 0 Å². The van der Waals surface area contributed by atoms with E-state index in [-0.39, 0.29) is 24.3 Å². The number of rotatable bonds is 6. The van der Waals surface area contributed by atoms with E-state index in [1.165, 1.54) is 0 Å². The van der Waals surface area contributed by atoms with Crippen molar-refractivity contribution < 1.29 is 14.3 Å². The molecule has 1 aromatic carbocycles. The molecular weight excluding hydrogens is 399 g/mol. The zero-order valence-corrected chi connectivity index (χ0v) is 18.4. The number of amides is 1. The molecule has 0 aliphatic carbocycles. The van der Waals surface area contributed by atoms with Gasteiger partial charge in [0, 0.05) is 43.2 Å². The number of benzene rings is 1. The Kier molecular flexibility index (Phi) is 7.77. The Balaban J connectivity index is 0.00000280. The summed E-state index contributed by atoms with van der Waals surface area (Å²) >= 11 is 5.87. The largest absolute Gasteiger partial charge is 0.456 e. The lowest BCUT2D eigenvalue weighted by molar-refractivity contribution is -0.136. The van der Waals surface area contributed by atoms with E-state index >= 15 is 0 Å². The molecule has 1 amide bonds. The highest BCUT2D eigenvalue weighted by Crippen LogP contribution is 2.31. The third kappa shape index (κ3) is 5.40. The van der Waals surface area contributed by atoms with Gasteiger partial charge in [-0.1, -0.05) is 18.5 Å². The van der Waals surface area contributed by atoms with Crippen molar-refractivity contribution in [2.75, 3.05) is 19.6 Å². The summed E-state index contributed by atoms with van der Waals surface area (Å²) in [7, 11) is 0. The van der Waals surface area contributed by atoms with Crippen LogP contribution in [0.1, 0.15) is 56.8 Å². The molecule has 2 bridgehead atoms. The Morgan fingerprint density at radius 1 is 1.14 bits per heavy atom. The fourth-order valence-electron chi connectivity index (χ4n) is 4.14. The van der Waals surface area contributed by atoms with Gasteiger partial charge in [0.05, 0.1) is 5.56 Å². The van der Waals surface area contributed by atoms with Gasteiger partial charge in [0.25, 0.3) is 0 Å². The van der Waals surface area contributed by atoms with Crippen LogP contribution in [0.3, 0.4) is 0 Å². The molecule has 0 radical (unpaired) electrons. The van der Waals surface area contributed by atoms with Gasteiger partial charge in [-0.05, 0) is 57.4 Å². The Hall–Kier alpha value is -1.30. The maximum absolute atomic E-state index is 12.4. The van der Waals surface area contributed by atoms with E-state index in [1.807, 2.05) is 20.8 Å². The minimum absolute atomic E-state index is 0. The zero-order chi connectivity index (χ0) is 19.6. The van der Waals surface area contributed by atoms with Crippen LogP contribution in [0, 0.1) is 0 Å². The summed E-state index contributed by atoms with van der Waals surface area (Å²) in [5.41, 5.74) is -0.0382. The lowest BCUT2D eigenvalue weighted by atomic mass is 10.0. The number of hydrogen-bond acceptors (Lipinski definition) is 4. The lowest BCUT2D eigenvalue weighted by Crippen LogP contribution is -2.56. The minimum Gasteiger partial charge on any atom is -0.456 e. The second-order valence-corrected chi connectivity index (χ2v) is 8.64. The average Bonchev–Trinajstić information content (AvgIpc) is 2.89. The monoisotopic (exact) mass is 428 g/mol. The number of likely N-dealkylation sites (tertiary alicyclic amines) is 1. The predicted molar refractivity (Wildman–Crippen MR) is 113 cm³/mol. The molecule has 0 saturated carbocycles. The van der Waals surface area contributed by atoms with Crippen LogP contribution in [0.25, 0.3) is 0 Å². The average molecular weight is 429 g/mol. The molecule has 2 aliphatic rings. The normalized spacial score (nSPS) is 21.9. The Morgan fingerprint density at radius 3 is 2.25 bits per heavy atom. The van der Waals surface area contributed by atoms with Crippen molar-refractivity contribution in [3.05, 3.63) is 34.9 Å². The van der Waals surface area contributed by atoms with Gasteiger partial charge in [-0.15, -0.1) is 12.4 Å². The van der Waals surface area contributed by atoms with Gasteiger partial charge in [0.15, 0.2) is 0 Å².